The molecule has 0 radical (unpaired) electrons. The lowest BCUT2D eigenvalue weighted by molar-refractivity contribution is 0.160. The number of hydrogen-bond donors (Lipinski definition) is 1. The molecule has 0 aromatic heterocycles. The average Bonchev–Trinajstić information content (AvgIpc) is 2.31. The Labute approximate surface area is 103 Å². The van der Waals surface area contributed by atoms with E-state index >= 15 is 0 Å². The van der Waals surface area contributed by atoms with Crippen molar-refractivity contribution >= 4 is 0 Å². The van der Waals surface area contributed by atoms with E-state index < -0.39 is 0 Å². The lowest BCUT2D eigenvalue weighted by Crippen LogP contribution is -2.50. The van der Waals surface area contributed by atoms with Crippen molar-refractivity contribution in [3.05, 3.63) is 0 Å². The van der Waals surface area contributed by atoms with Crippen LogP contribution >= 0.6 is 0 Å². The van der Waals surface area contributed by atoms with Crippen LogP contribution in [0.2, 0.25) is 0 Å². The molecule has 0 saturated heterocycles. The summed E-state index contributed by atoms with van der Waals surface area (Å²) < 4.78 is 0. The van der Waals surface area contributed by atoms with Crippen LogP contribution in [0.3, 0.4) is 0 Å². The monoisotopic (exact) mass is 228 g/mol. The van der Waals surface area contributed by atoms with E-state index in [1.807, 2.05) is 0 Å². The first-order valence-corrected chi connectivity index (χ1v) is 7.22. The standard InChI is InChI=1S/C14H32N2/c1-6-11-13(15-12-7-2)14(8-3)16(9-4)10-5/h13-15H,6-12H2,1-5H3. The summed E-state index contributed by atoms with van der Waals surface area (Å²) in [6.07, 6.45) is 5.06. The van der Waals surface area contributed by atoms with Crippen LogP contribution in [0.1, 0.15) is 60.3 Å². The van der Waals surface area contributed by atoms with Gasteiger partial charge >= 0.3 is 0 Å². The largest absolute Gasteiger partial charge is 0.312 e. The van der Waals surface area contributed by atoms with Crippen molar-refractivity contribution in [2.45, 2.75) is 72.4 Å². The molecular weight excluding hydrogens is 196 g/mol. The summed E-state index contributed by atoms with van der Waals surface area (Å²) in [5.41, 5.74) is 0. The average molecular weight is 228 g/mol. The lowest BCUT2D eigenvalue weighted by Gasteiger charge is -2.36. The van der Waals surface area contributed by atoms with E-state index in [0.29, 0.717) is 12.1 Å². The van der Waals surface area contributed by atoms with Gasteiger partial charge in [0, 0.05) is 12.1 Å². The quantitative estimate of drug-likeness (QED) is 0.617. The van der Waals surface area contributed by atoms with Crippen LogP contribution in [0.25, 0.3) is 0 Å². The fourth-order valence-corrected chi connectivity index (χ4v) is 2.56. The van der Waals surface area contributed by atoms with Crippen LogP contribution in [-0.2, 0) is 0 Å². The Bertz CT molecular complexity index is 144. The summed E-state index contributed by atoms with van der Waals surface area (Å²) in [7, 11) is 0. The molecule has 0 rings (SSSR count). The third-order valence-corrected chi connectivity index (χ3v) is 3.42. The molecule has 0 aliphatic rings. The highest BCUT2D eigenvalue weighted by molar-refractivity contribution is 4.82. The molecular formula is C14H32N2. The molecule has 0 heterocycles. The zero-order valence-electron chi connectivity index (χ0n) is 12.1. The van der Waals surface area contributed by atoms with Gasteiger partial charge in [-0.3, -0.25) is 4.90 Å². The lowest BCUT2D eigenvalue weighted by atomic mass is 9.99. The minimum absolute atomic E-state index is 0.676. The van der Waals surface area contributed by atoms with Crippen molar-refractivity contribution in [3.63, 3.8) is 0 Å². The van der Waals surface area contributed by atoms with Crippen LogP contribution in [-0.4, -0.2) is 36.6 Å². The van der Waals surface area contributed by atoms with Gasteiger partial charge in [-0.15, -0.1) is 0 Å². The molecule has 98 valence electrons. The number of rotatable bonds is 10. The zero-order valence-corrected chi connectivity index (χ0v) is 12.1. The van der Waals surface area contributed by atoms with E-state index in [2.05, 4.69) is 44.8 Å². The van der Waals surface area contributed by atoms with Gasteiger partial charge in [0.25, 0.3) is 0 Å². The van der Waals surface area contributed by atoms with E-state index in [-0.39, 0.29) is 0 Å². The summed E-state index contributed by atoms with van der Waals surface area (Å²) in [5, 5.41) is 3.73. The number of nitrogens with one attached hydrogen (secondary N) is 1. The summed E-state index contributed by atoms with van der Waals surface area (Å²) in [5.74, 6) is 0. The Kier molecular flexibility index (Phi) is 10.0. The van der Waals surface area contributed by atoms with Crippen molar-refractivity contribution in [1.82, 2.24) is 10.2 Å². The number of hydrogen-bond acceptors (Lipinski definition) is 2. The first kappa shape index (κ1) is 15.9. The molecule has 0 fully saturated rings. The molecule has 16 heavy (non-hydrogen) atoms. The van der Waals surface area contributed by atoms with Crippen LogP contribution < -0.4 is 5.32 Å². The van der Waals surface area contributed by atoms with Crippen LogP contribution in [0, 0.1) is 0 Å². The normalized spacial score (nSPS) is 15.4. The van der Waals surface area contributed by atoms with E-state index in [1.54, 1.807) is 0 Å². The van der Waals surface area contributed by atoms with Crippen LogP contribution in [0.15, 0.2) is 0 Å². The minimum atomic E-state index is 0.676. The first-order valence-electron chi connectivity index (χ1n) is 7.22. The summed E-state index contributed by atoms with van der Waals surface area (Å²) in [6, 6.07) is 1.39. The summed E-state index contributed by atoms with van der Waals surface area (Å²) >= 11 is 0. The molecule has 0 bridgehead atoms. The Hall–Kier alpha value is -0.0800. The topological polar surface area (TPSA) is 15.3 Å². The molecule has 2 unspecified atom stereocenters. The molecule has 2 heteroatoms. The van der Waals surface area contributed by atoms with Crippen molar-refractivity contribution in [2.75, 3.05) is 19.6 Å². The Morgan fingerprint density at radius 3 is 1.94 bits per heavy atom. The SMILES string of the molecule is CCCNC(CCC)C(CC)N(CC)CC. The molecule has 0 aliphatic carbocycles. The minimum Gasteiger partial charge on any atom is -0.312 e. The van der Waals surface area contributed by atoms with Crippen molar-refractivity contribution in [1.29, 1.82) is 0 Å². The van der Waals surface area contributed by atoms with Crippen molar-refractivity contribution < 1.29 is 0 Å². The van der Waals surface area contributed by atoms with Crippen LogP contribution in [0.4, 0.5) is 0 Å². The van der Waals surface area contributed by atoms with Gasteiger partial charge in [0.2, 0.25) is 0 Å². The summed E-state index contributed by atoms with van der Waals surface area (Å²) in [4.78, 5) is 2.60. The highest BCUT2D eigenvalue weighted by atomic mass is 15.2. The maximum absolute atomic E-state index is 3.73. The number of likely N-dealkylation sites (N-methyl/N-ethyl adjacent to an activating group) is 1. The molecule has 2 nitrogen and oxygen atoms in total. The van der Waals surface area contributed by atoms with Gasteiger partial charge in [-0.25, -0.2) is 0 Å². The molecule has 0 aliphatic heterocycles. The van der Waals surface area contributed by atoms with Gasteiger partial charge in [0.15, 0.2) is 0 Å². The maximum Gasteiger partial charge on any atom is 0.0246 e. The fourth-order valence-electron chi connectivity index (χ4n) is 2.56. The Balaban J connectivity index is 4.41. The molecule has 0 spiro atoms. The molecule has 1 N–H and O–H groups in total. The van der Waals surface area contributed by atoms with E-state index in [4.69, 9.17) is 0 Å². The summed E-state index contributed by atoms with van der Waals surface area (Å²) in [6.45, 7) is 14.9. The van der Waals surface area contributed by atoms with Gasteiger partial charge in [-0.1, -0.05) is 41.0 Å². The van der Waals surface area contributed by atoms with E-state index in [9.17, 15) is 0 Å². The highest BCUT2D eigenvalue weighted by Crippen LogP contribution is 2.13. The van der Waals surface area contributed by atoms with Gasteiger partial charge in [-0.2, -0.15) is 0 Å². The third-order valence-electron chi connectivity index (χ3n) is 3.42. The third kappa shape index (κ3) is 5.31. The maximum atomic E-state index is 3.73. The predicted molar refractivity (Wildman–Crippen MR) is 74.0 cm³/mol. The molecule has 0 aromatic carbocycles. The van der Waals surface area contributed by atoms with Gasteiger partial charge < -0.3 is 5.32 Å². The fraction of sp³-hybridized carbons (Fsp3) is 1.00. The van der Waals surface area contributed by atoms with Gasteiger partial charge in [0.05, 0.1) is 0 Å². The van der Waals surface area contributed by atoms with E-state index in [0.717, 1.165) is 6.54 Å². The molecule has 2 atom stereocenters. The Morgan fingerprint density at radius 2 is 1.56 bits per heavy atom. The first-order chi connectivity index (χ1) is 7.74. The zero-order chi connectivity index (χ0) is 12.4. The second-order valence-electron chi connectivity index (χ2n) is 4.55. The van der Waals surface area contributed by atoms with E-state index in [1.165, 1.54) is 38.8 Å². The van der Waals surface area contributed by atoms with Gasteiger partial charge in [0.1, 0.15) is 0 Å². The smallest absolute Gasteiger partial charge is 0.0246 e. The molecule has 0 aromatic rings. The van der Waals surface area contributed by atoms with Crippen molar-refractivity contribution in [3.8, 4) is 0 Å². The molecule has 0 amide bonds. The highest BCUT2D eigenvalue weighted by Gasteiger charge is 2.22. The Morgan fingerprint density at radius 1 is 0.938 bits per heavy atom. The second-order valence-corrected chi connectivity index (χ2v) is 4.55. The predicted octanol–water partition coefficient (Wildman–Crippen LogP) is 3.28. The van der Waals surface area contributed by atoms with Crippen LogP contribution in [0.5, 0.6) is 0 Å². The van der Waals surface area contributed by atoms with Gasteiger partial charge in [-0.05, 0) is 38.9 Å². The second kappa shape index (κ2) is 10.1. The number of nitrogens with zero attached hydrogens (tertiary/aromatic N) is 1. The molecule has 0 saturated carbocycles. The van der Waals surface area contributed by atoms with Crippen molar-refractivity contribution in [2.24, 2.45) is 0 Å².